The second-order valence-corrected chi connectivity index (χ2v) is 8.71. The topological polar surface area (TPSA) is 28.2 Å². The molecule has 2 unspecified atom stereocenters. The molecule has 1 aromatic heterocycles. The lowest BCUT2D eigenvalue weighted by molar-refractivity contribution is 0.356. The Kier molecular flexibility index (Phi) is 5.31. The van der Waals surface area contributed by atoms with Gasteiger partial charge in [0.2, 0.25) is 0 Å². The second-order valence-electron chi connectivity index (χ2n) is 7.65. The molecule has 0 bridgehead atoms. The van der Waals surface area contributed by atoms with E-state index in [0.29, 0.717) is 0 Å². The van der Waals surface area contributed by atoms with E-state index in [1.165, 1.54) is 22.1 Å². The molecule has 120 valence electrons. The number of hydrogen-bond acceptors (Lipinski definition) is 4. The molecule has 0 amide bonds. The van der Waals surface area contributed by atoms with Crippen LogP contribution in [0.15, 0.2) is 0 Å². The first kappa shape index (κ1) is 16.8. The molecule has 0 saturated carbocycles. The van der Waals surface area contributed by atoms with E-state index in [2.05, 4.69) is 51.8 Å². The lowest BCUT2D eigenvalue weighted by atomic mass is 9.91. The van der Waals surface area contributed by atoms with E-state index in [-0.39, 0.29) is 5.41 Å². The fraction of sp³-hybridized carbons (Fsp3) is 0.824. The standard InChI is InChI=1S/C17H31N3S/c1-7-18-9-14-15(17(4,5)6)19-16(21-14)20-10-12(2)8-13(3)11-20/h12-13,18H,7-11H2,1-6H3. The summed E-state index contributed by atoms with van der Waals surface area (Å²) in [5.41, 5.74) is 1.39. The van der Waals surface area contributed by atoms with Gasteiger partial charge in [0.15, 0.2) is 5.13 Å². The number of hydrogen-bond donors (Lipinski definition) is 1. The highest BCUT2D eigenvalue weighted by Crippen LogP contribution is 2.36. The summed E-state index contributed by atoms with van der Waals surface area (Å²) in [7, 11) is 0. The SMILES string of the molecule is CCNCc1sc(N2CC(C)CC(C)C2)nc1C(C)(C)C. The Bertz CT molecular complexity index is 451. The van der Waals surface area contributed by atoms with Crippen molar-refractivity contribution in [1.29, 1.82) is 0 Å². The van der Waals surface area contributed by atoms with Crippen molar-refractivity contribution in [2.45, 2.75) is 59.9 Å². The minimum absolute atomic E-state index is 0.118. The monoisotopic (exact) mass is 309 g/mol. The van der Waals surface area contributed by atoms with Crippen molar-refractivity contribution in [2.75, 3.05) is 24.5 Å². The molecule has 4 heteroatoms. The van der Waals surface area contributed by atoms with E-state index < -0.39 is 0 Å². The second kappa shape index (κ2) is 6.66. The zero-order chi connectivity index (χ0) is 15.6. The van der Waals surface area contributed by atoms with E-state index in [0.717, 1.165) is 38.0 Å². The molecule has 0 radical (unpaired) electrons. The van der Waals surface area contributed by atoms with Gasteiger partial charge >= 0.3 is 0 Å². The summed E-state index contributed by atoms with van der Waals surface area (Å²) in [6.07, 6.45) is 1.35. The first-order chi connectivity index (χ1) is 9.81. The number of aromatic nitrogens is 1. The predicted octanol–water partition coefficient (Wildman–Crippen LogP) is 4.03. The van der Waals surface area contributed by atoms with Crippen LogP contribution in [0.3, 0.4) is 0 Å². The van der Waals surface area contributed by atoms with Gasteiger partial charge in [0.05, 0.1) is 5.69 Å². The molecule has 1 aliphatic heterocycles. The minimum atomic E-state index is 0.118. The molecular formula is C17H31N3S. The maximum absolute atomic E-state index is 5.03. The summed E-state index contributed by atoms with van der Waals surface area (Å²) >= 11 is 1.89. The van der Waals surface area contributed by atoms with E-state index in [1.54, 1.807) is 0 Å². The Labute approximate surface area is 134 Å². The van der Waals surface area contributed by atoms with E-state index in [1.807, 2.05) is 11.3 Å². The van der Waals surface area contributed by atoms with Crippen molar-refractivity contribution in [3.63, 3.8) is 0 Å². The molecule has 0 spiro atoms. The fourth-order valence-corrected chi connectivity index (χ4v) is 4.50. The summed E-state index contributed by atoms with van der Waals surface area (Å²) in [6.45, 7) is 17.9. The third kappa shape index (κ3) is 4.19. The maximum Gasteiger partial charge on any atom is 0.185 e. The summed E-state index contributed by atoms with van der Waals surface area (Å²) in [4.78, 5) is 8.95. The van der Waals surface area contributed by atoms with Gasteiger partial charge in [-0.3, -0.25) is 0 Å². The van der Waals surface area contributed by atoms with Crippen molar-refractivity contribution < 1.29 is 0 Å². The molecule has 0 aromatic carbocycles. The molecule has 2 rings (SSSR count). The molecule has 1 aromatic rings. The van der Waals surface area contributed by atoms with Gasteiger partial charge in [-0.2, -0.15) is 0 Å². The average molecular weight is 310 g/mol. The van der Waals surface area contributed by atoms with Gasteiger partial charge in [0, 0.05) is 29.9 Å². The van der Waals surface area contributed by atoms with Crippen molar-refractivity contribution in [3.05, 3.63) is 10.6 Å². The highest BCUT2D eigenvalue weighted by Gasteiger charge is 2.28. The number of nitrogens with one attached hydrogen (secondary N) is 1. The van der Waals surface area contributed by atoms with Gasteiger partial charge in [-0.05, 0) is 24.8 Å². The molecule has 1 N–H and O–H groups in total. The largest absolute Gasteiger partial charge is 0.348 e. The maximum atomic E-state index is 5.03. The fourth-order valence-electron chi connectivity index (χ4n) is 3.24. The Balaban J connectivity index is 2.25. The first-order valence-electron chi connectivity index (χ1n) is 8.27. The number of anilines is 1. The van der Waals surface area contributed by atoms with Crippen molar-refractivity contribution in [1.82, 2.24) is 10.3 Å². The molecule has 2 heterocycles. The first-order valence-corrected chi connectivity index (χ1v) is 9.08. The number of piperidine rings is 1. The quantitative estimate of drug-likeness (QED) is 0.910. The van der Waals surface area contributed by atoms with Crippen LogP contribution < -0.4 is 10.2 Å². The molecule has 1 fully saturated rings. The highest BCUT2D eigenvalue weighted by atomic mass is 32.1. The van der Waals surface area contributed by atoms with Crippen molar-refractivity contribution in [3.8, 4) is 0 Å². The lowest BCUT2D eigenvalue weighted by Gasteiger charge is -2.34. The van der Waals surface area contributed by atoms with Gasteiger partial charge in [-0.15, -0.1) is 11.3 Å². The molecule has 1 aliphatic rings. The summed E-state index contributed by atoms with van der Waals surface area (Å²) in [5.74, 6) is 1.54. The van der Waals surface area contributed by atoms with E-state index in [4.69, 9.17) is 4.98 Å². The zero-order valence-corrected chi connectivity index (χ0v) is 15.3. The van der Waals surface area contributed by atoms with Crippen LogP contribution in [0, 0.1) is 11.8 Å². The molecule has 0 aliphatic carbocycles. The Hall–Kier alpha value is -0.610. The smallest absolute Gasteiger partial charge is 0.185 e. The summed E-state index contributed by atoms with van der Waals surface area (Å²) in [5, 5.41) is 4.69. The van der Waals surface area contributed by atoms with Crippen LogP contribution >= 0.6 is 11.3 Å². The number of rotatable bonds is 4. The zero-order valence-electron chi connectivity index (χ0n) is 14.5. The van der Waals surface area contributed by atoms with Crippen LogP contribution in [0.5, 0.6) is 0 Å². The number of nitrogens with zero attached hydrogens (tertiary/aromatic N) is 2. The Morgan fingerprint density at radius 3 is 2.38 bits per heavy atom. The predicted molar refractivity (Wildman–Crippen MR) is 93.4 cm³/mol. The van der Waals surface area contributed by atoms with Gasteiger partial charge in [0.1, 0.15) is 0 Å². The molecule has 3 nitrogen and oxygen atoms in total. The van der Waals surface area contributed by atoms with Gasteiger partial charge in [-0.1, -0.05) is 41.5 Å². The summed E-state index contributed by atoms with van der Waals surface area (Å²) < 4.78 is 0. The third-order valence-corrected chi connectivity index (χ3v) is 5.19. The van der Waals surface area contributed by atoms with Crippen molar-refractivity contribution >= 4 is 16.5 Å². The lowest BCUT2D eigenvalue weighted by Crippen LogP contribution is -2.38. The van der Waals surface area contributed by atoms with Gasteiger partial charge < -0.3 is 10.2 Å². The van der Waals surface area contributed by atoms with Crippen LogP contribution in [-0.4, -0.2) is 24.6 Å². The van der Waals surface area contributed by atoms with Crippen molar-refractivity contribution in [2.24, 2.45) is 11.8 Å². The van der Waals surface area contributed by atoms with Gasteiger partial charge in [-0.25, -0.2) is 4.98 Å². The van der Waals surface area contributed by atoms with Crippen LogP contribution in [0.25, 0.3) is 0 Å². The van der Waals surface area contributed by atoms with Gasteiger partial charge in [0.25, 0.3) is 0 Å². The molecule has 2 atom stereocenters. The molecule has 1 saturated heterocycles. The van der Waals surface area contributed by atoms with Crippen LogP contribution in [0.2, 0.25) is 0 Å². The van der Waals surface area contributed by atoms with E-state index in [9.17, 15) is 0 Å². The Morgan fingerprint density at radius 2 is 1.86 bits per heavy atom. The van der Waals surface area contributed by atoms with Crippen LogP contribution in [0.4, 0.5) is 5.13 Å². The third-order valence-electron chi connectivity index (χ3n) is 4.07. The average Bonchev–Trinajstić information content (AvgIpc) is 2.79. The van der Waals surface area contributed by atoms with E-state index >= 15 is 0 Å². The van der Waals surface area contributed by atoms with Crippen LogP contribution in [-0.2, 0) is 12.0 Å². The minimum Gasteiger partial charge on any atom is -0.348 e. The molecule has 21 heavy (non-hydrogen) atoms. The summed E-state index contributed by atoms with van der Waals surface area (Å²) in [6, 6.07) is 0. The molecular weight excluding hydrogens is 278 g/mol. The normalized spacial score (nSPS) is 23.6. The van der Waals surface area contributed by atoms with Crippen LogP contribution in [0.1, 0.15) is 58.5 Å². The highest BCUT2D eigenvalue weighted by molar-refractivity contribution is 7.15. The number of thiazole rings is 1. The Morgan fingerprint density at radius 1 is 1.24 bits per heavy atom.